The monoisotopic (exact) mass is 195 g/mol. The van der Waals surface area contributed by atoms with E-state index in [1.807, 2.05) is 0 Å². The third-order valence-electron chi connectivity index (χ3n) is 2.89. The number of nitrogens with zero attached hydrogens (tertiary/aromatic N) is 2. The lowest BCUT2D eigenvalue weighted by Gasteiger charge is -2.40. The number of piperazine rings is 1. The molecule has 1 aliphatic heterocycles. The Morgan fingerprint density at radius 3 is 2.79 bits per heavy atom. The Bertz CT molecular complexity index is 209. The van der Waals surface area contributed by atoms with E-state index in [1.54, 1.807) is 0 Å². The highest BCUT2D eigenvalue weighted by Gasteiger charge is 2.27. The molecular formula is C11H21N3. The summed E-state index contributed by atoms with van der Waals surface area (Å²) in [6.07, 6.45) is 5.54. The summed E-state index contributed by atoms with van der Waals surface area (Å²) in [7, 11) is 4.30. The quantitative estimate of drug-likeness (QED) is 0.632. The Labute approximate surface area is 87.5 Å². The summed E-state index contributed by atoms with van der Waals surface area (Å²) in [4.78, 5) is 4.69. The third-order valence-corrected chi connectivity index (χ3v) is 2.89. The zero-order chi connectivity index (χ0) is 10.6. The van der Waals surface area contributed by atoms with Gasteiger partial charge in [0.2, 0.25) is 0 Å². The van der Waals surface area contributed by atoms with E-state index in [1.165, 1.54) is 0 Å². The fraction of sp³-hybridized carbons (Fsp3) is 0.818. The van der Waals surface area contributed by atoms with Crippen molar-refractivity contribution < 1.29 is 0 Å². The lowest BCUT2D eigenvalue weighted by molar-refractivity contribution is 0.101. The molecule has 1 N–H and O–H groups in total. The average Bonchev–Trinajstić information content (AvgIpc) is 2.18. The number of hydrogen-bond donors (Lipinski definition) is 1. The Morgan fingerprint density at radius 1 is 1.50 bits per heavy atom. The van der Waals surface area contributed by atoms with Gasteiger partial charge in [-0.25, -0.2) is 0 Å². The molecule has 0 aromatic heterocycles. The van der Waals surface area contributed by atoms with Crippen molar-refractivity contribution in [3.63, 3.8) is 0 Å². The molecule has 0 aliphatic carbocycles. The highest BCUT2D eigenvalue weighted by molar-refractivity contribution is 5.06. The van der Waals surface area contributed by atoms with Crippen LogP contribution in [0.1, 0.15) is 6.92 Å². The van der Waals surface area contributed by atoms with E-state index in [2.05, 4.69) is 42.1 Å². The molecule has 80 valence electrons. The van der Waals surface area contributed by atoms with E-state index >= 15 is 0 Å². The molecule has 2 atom stereocenters. The maximum Gasteiger partial charge on any atom is 0.0856 e. The van der Waals surface area contributed by atoms with E-state index in [9.17, 15) is 0 Å². The van der Waals surface area contributed by atoms with Crippen LogP contribution in [0.15, 0.2) is 0 Å². The van der Waals surface area contributed by atoms with Crippen LogP contribution in [0, 0.1) is 12.3 Å². The summed E-state index contributed by atoms with van der Waals surface area (Å²) >= 11 is 0. The molecule has 0 saturated carbocycles. The molecule has 0 aromatic carbocycles. The summed E-state index contributed by atoms with van der Waals surface area (Å²) in [6.45, 7) is 6.32. The molecule has 2 unspecified atom stereocenters. The van der Waals surface area contributed by atoms with Gasteiger partial charge in [0.15, 0.2) is 0 Å². The minimum absolute atomic E-state index is 0.174. The molecule has 3 nitrogen and oxygen atoms in total. The number of terminal acetylenes is 1. The first kappa shape index (κ1) is 11.5. The molecule has 1 aliphatic rings. The van der Waals surface area contributed by atoms with Crippen LogP contribution in [-0.4, -0.2) is 62.2 Å². The Kier molecular flexibility index (Phi) is 4.40. The molecule has 0 amide bonds. The summed E-state index contributed by atoms with van der Waals surface area (Å²) < 4.78 is 0. The number of rotatable bonds is 3. The van der Waals surface area contributed by atoms with E-state index in [-0.39, 0.29) is 6.04 Å². The fourth-order valence-electron chi connectivity index (χ4n) is 1.93. The molecule has 0 radical (unpaired) electrons. The van der Waals surface area contributed by atoms with Crippen molar-refractivity contribution in [3.05, 3.63) is 0 Å². The minimum Gasteiger partial charge on any atom is -0.303 e. The van der Waals surface area contributed by atoms with Crippen molar-refractivity contribution in [1.82, 2.24) is 15.1 Å². The van der Waals surface area contributed by atoms with Crippen molar-refractivity contribution in [1.29, 1.82) is 0 Å². The maximum absolute atomic E-state index is 5.54. The van der Waals surface area contributed by atoms with Crippen molar-refractivity contribution >= 4 is 0 Å². The lowest BCUT2D eigenvalue weighted by Crippen LogP contribution is -2.58. The molecular weight excluding hydrogens is 174 g/mol. The van der Waals surface area contributed by atoms with E-state index in [0.29, 0.717) is 6.04 Å². The van der Waals surface area contributed by atoms with Gasteiger partial charge in [0.05, 0.1) is 6.04 Å². The average molecular weight is 195 g/mol. The molecule has 1 fully saturated rings. The van der Waals surface area contributed by atoms with Gasteiger partial charge in [0, 0.05) is 25.7 Å². The van der Waals surface area contributed by atoms with Gasteiger partial charge < -0.3 is 10.2 Å². The fourth-order valence-corrected chi connectivity index (χ4v) is 1.93. The van der Waals surface area contributed by atoms with E-state index < -0.39 is 0 Å². The van der Waals surface area contributed by atoms with E-state index in [0.717, 1.165) is 26.2 Å². The second-order valence-corrected chi connectivity index (χ2v) is 4.01. The van der Waals surface area contributed by atoms with Crippen LogP contribution in [0.4, 0.5) is 0 Å². The number of hydrogen-bond acceptors (Lipinski definition) is 3. The maximum atomic E-state index is 5.54. The molecule has 0 aromatic rings. The zero-order valence-corrected chi connectivity index (χ0v) is 9.45. The molecule has 14 heavy (non-hydrogen) atoms. The SMILES string of the molecule is C#CC(NCC)C1CN(C)CCN1C. The zero-order valence-electron chi connectivity index (χ0n) is 9.45. The molecule has 1 rings (SSSR count). The van der Waals surface area contributed by atoms with Crippen LogP contribution >= 0.6 is 0 Å². The molecule has 3 heteroatoms. The summed E-state index contributed by atoms with van der Waals surface area (Å²) in [5.74, 6) is 2.84. The largest absolute Gasteiger partial charge is 0.303 e. The molecule has 1 saturated heterocycles. The van der Waals surface area contributed by atoms with Gasteiger partial charge >= 0.3 is 0 Å². The summed E-state index contributed by atoms with van der Waals surface area (Å²) in [5.41, 5.74) is 0. The summed E-state index contributed by atoms with van der Waals surface area (Å²) in [6, 6.07) is 0.617. The second-order valence-electron chi connectivity index (χ2n) is 4.01. The first-order chi connectivity index (χ1) is 6.69. The van der Waals surface area contributed by atoms with Crippen LogP contribution in [0.25, 0.3) is 0 Å². The number of likely N-dealkylation sites (N-methyl/N-ethyl adjacent to an activating group) is 3. The van der Waals surface area contributed by atoms with Crippen LogP contribution < -0.4 is 5.32 Å². The topological polar surface area (TPSA) is 18.5 Å². The van der Waals surface area contributed by atoms with Crippen molar-refractivity contribution in [2.45, 2.75) is 19.0 Å². The Morgan fingerprint density at radius 2 is 2.21 bits per heavy atom. The highest BCUT2D eigenvalue weighted by Crippen LogP contribution is 2.09. The molecule has 0 bridgehead atoms. The predicted octanol–water partition coefficient (Wildman–Crippen LogP) is -0.156. The van der Waals surface area contributed by atoms with E-state index in [4.69, 9.17) is 6.42 Å². The van der Waals surface area contributed by atoms with Gasteiger partial charge in [0.1, 0.15) is 0 Å². The van der Waals surface area contributed by atoms with Gasteiger partial charge in [-0.2, -0.15) is 0 Å². The van der Waals surface area contributed by atoms with Gasteiger partial charge in [-0.05, 0) is 20.6 Å². The first-order valence-corrected chi connectivity index (χ1v) is 5.27. The van der Waals surface area contributed by atoms with Crippen molar-refractivity contribution in [3.8, 4) is 12.3 Å². The standard InChI is InChI=1S/C11H21N3/c1-5-10(12-6-2)11-9-13(3)7-8-14(11)4/h1,10-12H,6-9H2,2-4H3. The second kappa shape index (κ2) is 5.35. The van der Waals surface area contributed by atoms with Crippen molar-refractivity contribution in [2.75, 3.05) is 40.3 Å². The Hall–Kier alpha value is -0.560. The molecule has 1 heterocycles. The van der Waals surface area contributed by atoms with Gasteiger partial charge in [-0.1, -0.05) is 12.8 Å². The van der Waals surface area contributed by atoms with Crippen LogP contribution in [-0.2, 0) is 0 Å². The normalized spacial score (nSPS) is 27.1. The van der Waals surface area contributed by atoms with Crippen LogP contribution in [0.5, 0.6) is 0 Å². The van der Waals surface area contributed by atoms with Gasteiger partial charge in [-0.15, -0.1) is 6.42 Å². The smallest absolute Gasteiger partial charge is 0.0856 e. The van der Waals surface area contributed by atoms with Crippen LogP contribution in [0.3, 0.4) is 0 Å². The minimum atomic E-state index is 0.174. The summed E-state index contributed by atoms with van der Waals surface area (Å²) in [5, 5.41) is 3.35. The highest BCUT2D eigenvalue weighted by atomic mass is 15.3. The molecule has 0 spiro atoms. The van der Waals surface area contributed by atoms with Gasteiger partial charge in [-0.3, -0.25) is 4.90 Å². The Balaban J connectivity index is 2.58. The lowest BCUT2D eigenvalue weighted by atomic mass is 10.0. The van der Waals surface area contributed by atoms with Gasteiger partial charge in [0.25, 0.3) is 0 Å². The van der Waals surface area contributed by atoms with Crippen molar-refractivity contribution in [2.24, 2.45) is 0 Å². The number of nitrogens with one attached hydrogen (secondary N) is 1. The third kappa shape index (κ3) is 2.71. The first-order valence-electron chi connectivity index (χ1n) is 5.27. The predicted molar refractivity (Wildman–Crippen MR) is 60.2 cm³/mol. The van der Waals surface area contributed by atoms with Crippen LogP contribution in [0.2, 0.25) is 0 Å².